The van der Waals surface area contributed by atoms with E-state index in [1.807, 2.05) is 26.0 Å². The summed E-state index contributed by atoms with van der Waals surface area (Å²) in [5, 5.41) is 3.21. The number of nitrogens with zero attached hydrogens (tertiary/aromatic N) is 1. The zero-order valence-corrected chi connectivity index (χ0v) is 20.3. The zero-order chi connectivity index (χ0) is 21.8. The van der Waals surface area contributed by atoms with Crippen LogP contribution in [-0.4, -0.2) is 31.7 Å². The van der Waals surface area contributed by atoms with Gasteiger partial charge in [-0.1, -0.05) is 59.9 Å². The molecular formula is C20H23BrCl2N2O3S. The number of anilines is 1. The van der Waals surface area contributed by atoms with Gasteiger partial charge >= 0.3 is 0 Å². The molecule has 158 valence electrons. The summed E-state index contributed by atoms with van der Waals surface area (Å²) in [6.07, 6.45) is 1.46. The Morgan fingerprint density at radius 3 is 2.17 bits per heavy atom. The minimum Gasteiger partial charge on any atom is -0.324 e. The molecule has 0 radical (unpaired) electrons. The van der Waals surface area contributed by atoms with Crippen LogP contribution in [-0.2, 0) is 27.7 Å². The first-order chi connectivity index (χ1) is 13.6. The lowest BCUT2D eigenvalue weighted by Gasteiger charge is -2.22. The van der Waals surface area contributed by atoms with Gasteiger partial charge in [-0.05, 0) is 54.3 Å². The first-order valence-corrected chi connectivity index (χ1v) is 12.2. The maximum Gasteiger partial charge on any atom is 0.245 e. The summed E-state index contributed by atoms with van der Waals surface area (Å²) in [5.41, 5.74) is 2.69. The van der Waals surface area contributed by atoms with E-state index in [0.717, 1.165) is 38.4 Å². The number of likely N-dealkylation sites (N-methyl/N-ethyl adjacent to an activating group) is 1. The van der Waals surface area contributed by atoms with E-state index >= 15 is 0 Å². The molecule has 0 aliphatic rings. The van der Waals surface area contributed by atoms with Crippen LogP contribution in [0.1, 0.15) is 31.9 Å². The molecule has 0 bridgehead atoms. The number of nitrogens with one attached hydrogen (secondary N) is 1. The number of rotatable bonds is 8. The fourth-order valence-electron chi connectivity index (χ4n) is 2.96. The Balaban J connectivity index is 2.31. The normalized spacial score (nSPS) is 11.7. The molecule has 2 aromatic rings. The monoisotopic (exact) mass is 520 g/mol. The van der Waals surface area contributed by atoms with Crippen LogP contribution in [0.25, 0.3) is 0 Å². The van der Waals surface area contributed by atoms with Crippen LogP contribution in [0.5, 0.6) is 0 Å². The van der Waals surface area contributed by atoms with Crippen LogP contribution >= 0.6 is 39.1 Å². The average Bonchev–Trinajstić information content (AvgIpc) is 2.68. The summed E-state index contributed by atoms with van der Waals surface area (Å²) in [6, 6.07) is 8.13. The average molecular weight is 522 g/mol. The number of amides is 1. The highest BCUT2D eigenvalue weighted by Gasteiger charge is 2.28. The minimum absolute atomic E-state index is 0.0581. The predicted octanol–water partition coefficient (Wildman–Crippen LogP) is 5.53. The lowest BCUT2D eigenvalue weighted by Crippen LogP contribution is -2.38. The maximum absolute atomic E-state index is 13.0. The van der Waals surface area contributed by atoms with Crippen LogP contribution in [0.2, 0.25) is 10.0 Å². The Hall–Kier alpha value is -1.12. The van der Waals surface area contributed by atoms with Crippen molar-refractivity contribution >= 4 is 60.7 Å². The topological polar surface area (TPSA) is 66.5 Å². The molecule has 5 nitrogen and oxygen atoms in total. The van der Waals surface area contributed by atoms with Gasteiger partial charge in [0.1, 0.15) is 4.90 Å². The first-order valence-electron chi connectivity index (χ1n) is 9.20. The summed E-state index contributed by atoms with van der Waals surface area (Å²) < 4.78 is 28.0. The number of carbonyl (C=O) groups is 1. The van der Waals surface area contributed by atoms with Crippen LogP contribution in [0.4, 0.5) is 5.69 Å². The van der Waals surface area contributed by atoms with E-state index in [1.54, 1.807) is 6.92 Å². The van der Waals surface area contributed by atoms with E-state index in [4.69, 9.17) is 23.2 Å². The summed E-state index contributed by atoms with van der Waals surface area (Å²) in [7, 11) is -3.98. The molecule has 0 heterocycles. The molecule has 0 aliphatic carbocycles. The van der Waals surface area contributed by atoms with E-state index in [-0.39, 0.29) is 28.0 Å². The molecule has 29 heavy (non-hydrogen) atoms. The Kier molecular flexibility index (Phi) is 8.55. The third kappa shape index (κ3) is 5.73. The molecule has 9 heteroatoms. The van der Waals surface area contributed by atoms with E-state index in [1.165, 1.54) is 18.2 Å². The van der Waals surface area contributed by atoms with Crippen molar-refractivity contribution in [3.63, 3.8) is 0 Å². The lowest BCUT2D eigenvalue weighted by molar-refractivity contribution is -0.116. The molecule has 0 saturated carbocycles. The van der Waals surface area contributed by atoms with Gasteiger partial charge in [0.25, 0.3) is 0 Å². The van der Waals surface area contributed by atoms with Crippen LogP contribution in [0.15, 0.2) is 39.7 Å². The number of halogens is 3. The van der Waals surface area contributed by atoms with Crippen molar-refractivity contribution in [2.75, 3.05) is 18.4 Å². The van der Waals surface area contributed by atoms with Gasteiger partial charge in [0.2, 0.25) is 15.9 Å². The number of benzene rings is 2. The largest absolute Gasteiger partial charge is 0.324 e. The zero-order valence-electron chi connectivity index (χ0n) is 16.4. The number of aryl methyl sites for hydroxylation is 2. The van der Waals surface area contributed by atoms with Gasteiger partial charge in [-0.25, -0.2) is 8.42 Å². The number of sulfonamides is 1. The van der Waals surface area contributed by atoms with Gasteiger partial charge in [0, 0.05) is 21.7 Å². The molecule has 0 aromatic heterocycles. The number of hydrogen-bond donors (Lipinski definition) is 1. The second-order valence-electron chi connectivity index (χ2n) is 6.36. The third-order valence-electron chi connectivity index (χ3n) is 4.48. The van der Waals surface area contributed by atoms with Gasteiger partial charge < -0.3 is 5.32 Å². The Morgan fingerprint density at radius 1 is 1.07 bits per heavy atom. The van der Waals surface area contributed by atoms with Gasteiger partial charge in [-0.2, -0.15) is 4.31 Å². The Bertz CT molecular complexity index is 988. The summed E-state index contributed by atoms with van der Waals surface area (Å²) in [6.45, 7) is 5.45. The van der Waals surface area contributed by atoms with Crippen molar-refractivity contribution in [1.82, 2.24) is 4.31 Å². The molecule has 0 aliphatic heterocycles. The fourth-order valence-corrected chi connectivity index (χ4v) is 5.66. The van der Waals surface area contributed by atoms with E-state index in [9.17, 15) is 13.2 Å². The highest BCUT2D eigenvalue weighted by Crippen LogP contribution is 2.29. The molecule has 0 saturated heterocycles. The Morgan fingerprint density at radius 2 is 1.66 bits per heavy atom. The van der Waals surface area contributed by atoms with Crippen LogP contribution in [0.3, 0.4) is 0 Å². The fraction of sp³-hybridized carbons (Fsp3) is 0.350. The lowest BCUT2D eigenvalue weighted by atomic mass is 10.0. The summed E-state index contributed by atoms with van der Waals surface area (Å²) in [5.74, 6) is -0.416. The SMILES string of the molecule is CCc1cc(Br)cc(CC)c1NC(=O)CN(CC)S(=O)(=O)c1cc(Cl)ccc1Cl. The predicted molar refractivity (Wildman–Crippen MR) is 122 cm³/mol. The summed E-state index contributed by atoms with van der Waals surface area (Å²) in [4.78, 5) is 12.6. The molecule has 1 N–H and O–H groups in total. The summed E-state index contributed by atoms with van der Waals surface area (Å²) >= 11 is 15.5. The van der Waals surface area contributed by atoms with Gasteiger partial charge in [0.05, 0.1) is 11.6 Å². The van der Waals surface area contributed by atoms with Crippen LogP contribution in [0, 0.1) is 0 Å². The maximum atomic E-state index is 13.0. The smallest absolute Gasteiger partial charge is 0.245 e. The van der Waals surface area contributed by atoms with E-state index < -0.39 is 15.9 Å². The molecule has 0 spiro atoms. The second-order valence-corrected chi connectivity index (χ2v) is 10.0. The third-order valence-corrected chi connectivity index (χ3v) is 7.57. The highest BCUT2D eigenvalue weighted by molar-refractivity contribution is 9.10. The molecule has 0 atom stereocenters. The van der Waals surface area contributed by atoms with Gasteiger partial charge in [0.15, 0.2) is 0 Å². The van der Waals surface area contributed by atoms with E-state index in [0.29, 0.717) is 0 Å². The molecule has 0 fully saturated rings. The molecule has 1 amide bonds. The van der Waals surface area contributed by atoms with Crippen molar-refractivity contribution in [2.45, 2.75) is 38.5 Å². The molecule has 2 rings (SSSR count). The van der Waals surface area contributed by atoms with Crippen molar-refractivity contribution in [3.05, 3.63) is 56.0 Å². The number of carbonyl (C=O) groups excluding carboxylic acids is 1. The molecule has 0 unspecified atom stereocenters. The van der Waals surface area contributed by atoms with Crippen LogP contribution < -0.4 is 5.32 Å². The number of hydrogen-bond acceptors (Lipinski definition) is 3. The Labute approximate surface area is 190 Å². The van der Waals surface area contributed by atoms with Crippen molar-refractivity contribution in [1.29, 1.82) is 0 Å². The molecule has 2 aromatic carbocycles. The van der Waals surface area contributed by atoms with Crippen molar-refractivity contribution in [2.24, 2.45) is 0 Å². The minimum atomic E-state index is -3.98. The quantitative estimate of drug-likeness (QED) is 0.496. The van der Waals surface area contributed by atoms with Gasteiger partial charge in [-0.15, -0.1) is 0 Å². The van der Waals surface area contributed by atoms with Gasteiger partial charge in [-0.3, -0.25) is 4.79 Å². The van der Waals surface area contributed by atoms with Crippen molar-refractivity contribution < 1.29 is 13.2 Å². The second kappa shape index (κ2) is 10.3. The molecular weight excluding hydrogens is 499 g/mol. The van der Waals surface area contributed by atoms with Crippen molar-refractivity contribution in [3.8, 4) is 0 Å². The van der Waals surface area contributed by atoms with E-state index in [2.05, 4.69) is 21.2 Å². The highest BCUT2D eigenvalue weighted by atomic mass is 79.9. The first kappa shape index (κ1) is 24.2. The standard InChI is InChI=1S/C20H23BrCl2N2O3S/c1-4-13-9-15(21)10-14(5-2)20(13)24-19(26)12-25(6-3)29(27,28)18-11-16(22)7-8-17(18)23/h7-11H,4-6,12H2,1-3H3,(H,24,26).